The predicted molar refractivity (Wildman–Crippen MR) is 95.5 cm³/mol. The van der Waals surface area contributed by atoms with Crippen molar-refractivity contribution in [2.24, 2.45) is 5.92 Å². The van der Waals surface area contributed by atoms with Crippen LogP contribution in [-0.4, -0.2) is 40.4 Å². The molecule has 0 amide bonds. The second-order valence-electron chi connectivity index (χ2n) is 5.92. The summed E-state index contributed by atoms with van der Waals surface area (Å²) in [5.74, 6) is -1.42. The van der Waals surface area contributed by atoms with E-state index in [4.69, 9.17) is 23.7 Å². The second-order valence-corrected chi connectivity index (χ2v) is 5.92. The maximum atomic E-state index is 12.7. The van der Waals surface area contributed by atoms with Gasteiger partial charge >= 0.3 is 11.9 Å². The molecule has 0 aromatic heterocycles. The fourth-order valence-corrected chi connectivity index (χ4v) is 3.28. The molecule has 0 aliphatic carbocycles. The second kappa shape index (κ2) is 7.57. The van der Waals surface area contributed by atoms with Crippen LogP contribution < -0.4 is 18.9 Å². The van der Waals surface area contributed by atoms with Crippen LogP contribution in [0.5, 0.6) is 23.0 Å². The van der Waals surface area contributed by atoms with Gasteiger partial charge in [0, 0.05) is 23.6 Å². The third-order valence-electron chi connectivity index (χ3n) is 4.55. The summed E-state index contributed by atoms with van der Waals surface area (Å²) in [7, 11) is 5.79. The summed E-state index contributed by atoms with van der Waals surface area (Å²) in [4.78, 5) is 25.1. The molecule has 27 heavy (non-hydrogen) atoms. The number of fused-ring (bicyclic) bond motifs is 1. The molecule has 0 saturated carbocycles. The minimum atomic E-state index is -1.17. The zero-order chi connectivity index (χ0) is 19.6. The van der Waals surface area contributed by atoms with E-state index in [-0.39, 0.29) is 5.75 Å². The Hall–Kier alpha value is -3.22. The normalized spacial score (nSPS) is 18.1. The quantitative estimate of drug-likeness (QED) is 0.453. The molecule has 7 nitrogen and oxygen atoms in total. The van der Waals surface area contributed by atoms with Crippen LogP contribution >= 0.6 is 0 Å². The molecule has 2 atom stereocenters. The van der Waals surface area contributed by atoms with Crippen LogP contribution in [0.25, 0.3) is 0 Å². The van der Waals surface area contributed by atoms with E-state index in [9.17, 15) is 9.59 Å². The van der Waals surface area contributed by atoms with Crippen LogP contribution in [0.4, 0.5) is 0 Å². The Morgan fingerprint density at radius 2 is 1.70 bits per heavy atom. The van der Waals surface area contributed by atoms with E-state index in [2.05, 4.69) is 0 Å². The molecule has 1 aliphatic heterocycles. The standard InChI is InChI=1S/C20H20O7/c1-23-12-7-5-6-11(8-12)16-17-14(25-3)9-13(24-2)10-15(17)27-20(22)18(16)19(21)26-4/h5-10,16,18H,1-4H3. The Bertz CT molecular complexity index is 875. The highest BCUT2D eigenvalue weighted by atomic mass is 16.6. The summed E-state index contributed by atoms with van der Waals surface area (Å²) in [6, 6.07) is 10.4. The van der Waals surface area contributed by atoms with E-state index in [0.29, 0.717) is 28.4 Å². The number of carbonyl (C=O) groups is 2. The number of carbonyl (C=O) groups excluding carboxylic acids is 2. The minimum absolute atomic E-state index is 0.282. The van der Waals surface area contributed by atoms with Crippen LogP contribution in [0, 0.1) is 5.92 Å². The number of hydrogen-bond acceptors (Lipinski definition) is 7. The molecule has 0 fully saturated rings. The van der Waals surface area contributed by atoms with Crippen LogP contribution in [0.1, 0.15) is 17.0 Å². The summed E-state index contributed by atoms with van der Waals surface area (Å²) >= 11 is 0. The number of rotatable bonds is 5. The van der Waals surface area contributed by atoms with Gasteiger partial charge in [-0.1, -0.05) is 12.1 Å². The molecular weight excluding hydrogens is 352 g/mol. The number of ether oxygens (including phenoxy) is 5. The van der Waals surface area contributed by atoms with Crippen LogP contribution in [0.3, 0.4) is 0 Å². The summed E-state index contributed by atoms with van der Waals surface area (Å²) in [5, 5.41) is 0. The van der Waals surface area contributed by atoms with Crippen molar-refractivity contribution in [2.75, 3.05) is 28.4 Å². The van der Waals surface area contributed by atoms with Crippen LogP contribution in [0.2, 0.25) is 0 Å². The Balaban J connectivity index is 2.27. The van der Waals surface area contributed by atoms with Gasteiger partial charge < -0.3 is 23.7 Å². The molecule has 142 valence electrons. The smallest absolute Gasteiger partial charge is 0.326 e. The lowest BCUT2D eigenvalue weighted by Crippen LogP contribution is -2.38. The monoisotopic (exact) mass is 372 g/mol. The topological polar surface area (TPSA) is 80.3 Å². The molecule has 0 bridgehead atoms. The van der Waals surface area contributed by atoms with Gasteiger partial charge in [0.15, 0.2) is 5.92 Å². The third kappa shape index (κ3) is 3.28. The first-order valence-corrected chi connectivity index (χ1v) is 8.23. The van der Waals surface area contributed by atoms with Crippen LogP contribution in [-0.2, 0) is 14.3 Å². The van der Waals surface area contributed by atoms with E-state index in [1.807, 2.05) is 6.07 Å². The molecule has 0 saturated heterocycles. The van der Waals surface area contributed by atoms with Gasteiger partial charge in [-0.2, -0.15) is 0 Å². The van der Waals surface area contributed by atoms with E-state index >= 15 is 0 Å². The molecule has 3 rings (SSSR count). The summed E-state index contributed by atoms with van der Waals surface area (Å²) < 4.78 is 26.3. The van der Waals surface area contributed by atoms with Crippen LogP contribution in [0.15, 0.2) is 36.4 Å². The molecule has 7 heteroatoms. The Labute approximate surface area is 156 Å². The predicted octanol–water partition coefficient (Wildman–Crippen LogP) is 2.55. The number of benzene rings is 2. The number of hydrogen-bond donors (Lipinski definition) is 0. The van der Waals surface area contributed by atoms with Gasteiger partial charge in [-0.05, 0) is 17.7 Å². The molecule has 2 aromatic carbocycles. The molecule has 1 aliphatic rings. The van der Waals surface area contributed by atoms with Gasteiger partial charge in [0.2, 0.25) is 0 Å². The van der Waals surface area contributed by atoms with Gasteiger partial charge in [0.05, 0.1) is 28.4 Å². The maximum Gasteiger partial charge on any atom is 0.326 e. The van der Waals surface area contributed by atoms with E-state index in [1.54, 1.807) is 37.4 Å². The highest BCUT2D eigenvalue weighted by Crippen LogP contribution is 2.49. The van der Waals surface area contributed by atoms with Gasteiger partial charge in [-0.3, -0.25) is 9.59 Å². The van der Waals surface area contributed by atoms with Gasteiger partial charge in [0.1, 0.15) is 23.0 Å². The fraction of sp³-hybridized carbons (Fsp3) is 0.300. The first-order valence-electron chi connectivity index (χ1n) is 8.23. The van der Waals surface area contributed by atoms with Gasteiger partial charge in [0.25, 0.3) is 0 Å². The molecule has 0 spiro atoms. The lowest BCUT2D eigenvalue weighted by Gasteiger charge is -2.32. The SMILES string of the molecule is COC(=O)C1C(=O)Oc2cc(OC)cc(OC)c2C1c1cccc(OC)c1. The maximum absolute atomic E-state index is 12.7. The zero-order valence-corrected chi connectivity index (χ0v) is 15.5. The minimum Gasteiger partial charge on any atom is -0.497 e. The van der Waals surface area contributed by atoms with Crippen molar-refractivity contribution in [1.29, 1.82) is 0 Å². The Morgan fingerprint density at radius 3 is 2.33 bits per heavy atom. The highest BCUT2D eigenvalue weighted by molar-refractivity contribution is 5.99. The first-order chi connectivity index (χ1) is 13.0. The molecule has 0 N–H and O–H groups in total. The van der Waals surface area contributed by atoms with Crippen molar-refractivity contribution in [1.82, 2.24) is 0 Å². The summed E-state index contributed by atoms with van der Waals surface area (Å²) in [6.07, 6.45) is 0. The largest absolute Gasteiger partial charge is 0.497 e. The average Bonchev–Trinajstić information content (AvgIpc) is 2.71. The van der Waals surface area contributed by atoms with Crippen molar-refractivity contribution in [3.05, 3.63) is 47.5 Å². The highest BCUT2D eigenvalue weighted by Gasteiger charge is 2.46. The van der Waals surface area contributed by atoms with Crippen molar-refractivity contribution >= 4 is 11.9 Å². The van der Waals surface area contributed by atoms with Crippen molar-refractivity contribution in [2.45, 2.75) is 5.92 Å². The Kier molecular flexibility index (Phi) is 5.21. The Morgan fingerprint density at radius 1 is 0.963 bits per heavy atom. The molecule has 1 heterocycles. The van der Waals surface area contributed by atoms with Crippen molar-refractivity contribution in [3.63, 3.8) is 0 Å². The first kappa shape index (κ1) is 18.6. The molecule has 2 aromatic rings. The molecule has 2 unspecified atom stereocenters. The molecule has 0 radical (unpaired) electrons. The van der Waals surface area contributed by atoms with Crippen molar-refractivity contribution < 1.29 is 33.3 Å². The van der Waals surface area contributed by atoms with E-state index in [0.717, 1.165) is 0 Å². The average molecular weight is 372 g/mol. The number of esters is 2. The van der Waals surface area contributed by atoms with Gasteiger partial charge in [-0.25, -0.2) is 0 Å². The van der Waals surface area contributed by atoms with Crippen molar-refractivity contribution in [3.8, 4) is 23.0 Å². The number of methoxy groups -OCH3 is 4. The fourth-order valence-electron chi connectivity index (χ4n) is 3.28. The zero-order valence-electron chi connectivity index (χ0n) is 15.5. The summed E-state index contributed by atoms with van der Waals surface area (Å²) in [6.45, 7) is 0. The van der Waals surface area contributed by atoms with Gasteiger partial charge in [-0.15, -0.1) is 0 Å². The summed E-state index contributed by atoms with van der Waals surface area (Å²) in [5.41, 5.74) is 1.27. The molecular formula is C20H20O7. The third-order valence-corrected chi connectivity index (χ3v) is 4.55. The van der Waals surface area contributed by atoms with E-state index in [1.165, 1.54) is 21.3 Å². The lowest BCUT2D eigenvalue weighted by atomic mass is 9.78. The van der Waals surface area contributed by atoms with E-state index < -0.39 is 23.8 Å². The lowest BCUT2D eigenvalue weighted by molar-refractivity contribution is -0.157.